The van der Waals surface area contributed by atoms with Crippen molar-refractivity contribution in [2.24, 2.45) is 69.0 Å². The van der Waals surface area contributed by atoms with Crippen molar-refractivity contribution in [3.05, 3.63) is 23.8 Å². The van der Waals surface area contributed by atoms with Crippen LogP contribution >= 0.6 is 0 Å². The predicted octanol–water partition coefficient (Wildman–Crippen LogP) is -14.6. The van der Waals surface area contributed by atoms with Crippen molar-refractivity contribution in [2.75, 3.05) is 26.2 Å². The van der Waals surface area contributed by atoms with Crippen LogP contribution in [0.3, 0.4) is 0 Å². The fourth-order valence-electron chi connectivity index (χ4n) is 13.9. The highest BCUT2D eigenvalue weighted by Gasteiger charge is 2.58. The molecule has 34 N–H and O–H groups in total. The van der Waals surface area contributed by atoms with Crippen molar-refractivity contribution in [2.45, 2.75) is 291 Å². The van der Waals surface area contributed by atoms with Gasteiger partial charge in [0.25, 0.3) is 0 Å². The number of rotatable bonds is 26. The average molecular weight is 1400 g/mol. The average Bonchev–Trinajstić information content (AvgIpc) is 1.77. The quantitative estimate of drug-likeness (QED) is 0.0389. The minimum Gasteiger partial charge on any atom is -0.390 e. The Hall–Kier alpha value is -3.12. The fourth-order valence-corrected chi connectivity index (χ4v) is 13.9. The SMILES string of the molecule is CC1[C@@H](OC2C(N)C[C@@H](N)C(O)[C@H]2O[C@@H]2O[C@H](Cn3cc(CCCCCc4cn(C[C@H]5O[C@@H](O[C@H]6C(O[C@H]7OC(CN)C(O)[C@H](O)C7N)C(N)C[C@@H](N)C6O)[C@@H](O)C5O[C@H]5O[C@@H](CN)C(O)C(O)C5N)nn4)nn3)C(O[C@H]3O[C@@H](CN)C(O)C(O)C3N)[C@@H]2O)OC(CN)C(O)[C@@H]1O. The fraction of sp³-hybridized carbons (Fsp3) is 0.929. The molecule has 38 atom stereocenters. The third kappa shape index (κ3) is 16.6. The van der Waals surface area contributed by atoms with E-state index in [0.717, 1.165) is 0 Å². The third-order valence-electron chi connectivity index (χ3n) is 19.9. The lowest BCUT2D eigenvalue weighted by Gasteiger charge is -2.47. The Morgan fingerprint density at radius 3 is 1.03 bits per heavy atom. The summed E-state index contributed by atoms with van der Waals surface area (Å²) in [6.45, 7) is 0.537. The minimum absolute atomic E-state index is 0.0283. The molecule has 2 aromatic heterocycles. The molecule has 0 bridgehead atoms. The van der Waals surface area contributed by atoms with Gasteiger partial charge in [-0.05, 0) is 38.5 Å². The minimum atomic E-state index is -1.69. The number of aliphatic hydroxyl groups is 12. The Bertz CT molecular complexity index is 2570. The molecule has 0 radical (unpaired) electrons. The van der Waals surface area contributed by atoms with Crippen LogP contribution in [-0.2, 0) is 82.8 Å². The summed E-state index contributed by atoms with van der Waals surface area (Å²) in [5.41, 5.74) is 69.2. The van der Waals surface area contributed by atoms with Gasteiger partial charge in [0.05, 0.1) is 60.9 Å². The molecule has 10 rings (SSSR count). The summed E-state index contributed by atoms with van der Waals surface area (Å²) in [5.74, 6) is -0.801. The van der Waals surface area contributed by atoms with Gasteiger partial charge in [0.2, 0.25) is 0 Å². The maximum Gasteiger partial charge on any atom is 0.187 e. The van der Waals surface area contributed by atoms with Gasteiger partial charge in [0, 0.05) is 68.7 Å². The molecule has 0 spiro atoms. The van der Waals surface area contributed by atoms with Gasteiger partial charge < -0.3 is 181 Å². The first-order chi connectivity index (χ1) is 46.2. The third-order valence-corrected chi connectivity index (χ3v) is 19.9. The largest absolute Gasteiger partial charge is 0.390 e. The molecular formula is C56H103N17O24. The molecule has 2 aromatic rings. The number of aromatic nitrogens is 6. The van der Waals surface area contributed by atoms with Crippen LogP contribution in [0.5, 0.6) is 0 Å². The Morgan fingerprint density at radius 2 is 0.670 bits per heavy atom. The summed E-state index contributed by atoms with van der Waals surface area (Å²) in [4.78, 5) is 0. The van der Waals surface area contributed by atoms with Gasteiger partial charge in [-0.3, -0.25) is 0 Å². The molecule has 0 aromatic carbocycles. The molecule has 97 heavy (non-hydrogen) atoms. The zero-order chi connectivity index (χ0) is 70.2. The Morgan fingerprint density at radius 1 is 0.361 bits per heavy atom. The lowest BCUT2D eigenvalue weighted by Crippen LogP contribution is -2.68. The number of nitrogens with two attached hydrogens (primary N) is 11. The van der Waals surface area contributed by atoms with Crippen molar-refractivity contribution >= 4 is 0 Å². The number of hydrogen-bond donors (Lipinski definition) is 23. The van der Waals surface area contributed by atoms with Gasteiger partial charge in [-0.1, -0.05) is 23.8 Å². The molecule has 2 aliphatic carbocycles. The molecule has 6 saturated heterocycles. The summed E-state index contributed by atoms with van der Waals surface area (Å²) in [6, 6.07) is -7.66. The number of ether oxygens (including phenoxy) is 12. The van der Waals surface area contributed by atoms with E-state index in [1.54, 1.807) is 19.3 Å². The van der Waals surface area contributed by atoms with Gasteiger partial charge >= 0.3 is 0 Å². The standard InChI is InChI=1S/C56H103N17O24/c1-17-33(74)36(77)24(9-57)86-51(17)92-45-22(63)7-20(61)34(75)49(45)96-55-43(84)47(94-53-31(66)41(82)38(79)26(11-59)88-53)28(90-55)15-72-13-18(68-70-72)5-3-2-4-6-19-14-73(71-69-19)16-29-48(95-54-32(67)42(83)39(80)27(12-60)89-54)44(85)56(91-29)97-50-35(76)21(62)8-23(64)46(50)93-52-30(65)40(81)37(78)25(10-58)87-52/h13-14,17,20-56,74-85H,2-12,15-16,57-67H2,1H3/t17?,20-,21-,22?,23?,24?,25?,26+,27+,28-,29-,30?,31?,32?,33-,34?,35?,36?,37?,38?,39?,40-,41?,42?,43+,44+,45?,46?,47?,48?,49-,50-,51-,52-,53-,54-,55+,56+/m1/s1. The van der Waals surface area contributed by atoms with Gasteiger partial charge in [0.15, 0.2) is 37.7 Å². The van der Waals surface area contributed by atoms with E-state index in [-0.39, 0.29) is 52.1 Å². The maximum absolute atomic E-state index is 12.0. The van der Waals surface area contributed by atoms with E-state index >= 15 is 0 Å². The van der Waals surface area contributed by atoms with E-state index in [1.807, 2.05) is 0 Å². The molecule has 41 heteroatoms. The zero-order valence-corrected chi connectivity index (χ0v) is 53.6. The molecule has 2 saturated carbocycles. The molecule has 8 aliphatic rings. The van der Waals surface area contributed by atoms with Gasteiger partial charge in [-0.2, -0.15) is 0 Å². The van der Waals surface area contributed by atoms with E-state index < -0.39 is 232 Å². The van der Waals surface area contributed by atoms with Crippen LogP contribution in [0, 0.1) is 5.92 Å². The second-order valence-electron chi connectivity index (χ2n) is 26.8. The van der Waals surface area contributed by atoms with E-state index in [4.69, 9.17) is 120 Å². The second kappa shape index (κ2) is 33.1. The van der Waals surface area contributed by atoms with Crippen LogP contribution in [0.1, 0.15) is 50.4 Å². The van der Waals surface area contributed by atoms with Crippen LogP contribution in [0.4, 0.5) is 0 Å². The van der Waals surface area contributed by atoms with Crippen LogP contribution in [0.15, 0.2) is 12.4 Å². The first-order valence-electron chi connectivity index (χ1n) is 33.1. The number of aryl methyl sites for hydroxylation is 2. The van der Waals surface area contributed by atoms with Crippen molar-refractivity contribution in [1.29, 1.82) is 0 Å². The molecular weight excluding hydrogens is 1290 g/mol. The summed E-state index contributed by atoms with van der Waals surface area (Å²) in [5, 5.41) is 150. The summed E-state index contributed by atoms with van der Waals surface area (Å²) in [7, 11) is 0. The first kappa shape index (κ1) is 76.5. The highest BCUT2D eigenvalue weighted by Crippen LogP contribution is 2.39. The smallest absolute Gasteiger partial charge is 0.187 e. The lowest BCUT2D eigenvalue weighted by molar-refractivity contribution is -0.317. The normalized spacial score (nSPS) is 48.4. The van der Waals surface area contributed by atoms with E-state index in [1.165, 1.54) is 9.36 Å². The van der Waals surface area contributed by atoms with Crippen molar-refractivity contribution in [1.82, 2.24) is 30.0 Å². The Labute approximate surface area is 557 Å². The molecule has 20 unspecified atom stereocenters. The lowest BCUT2D eigenvalue weighted by atomic mass is 9.84. The van der Waals surface area contributed by atoms with Gasteiger partial charge in [-0.15, -0.1) is 10.2 Å². The molecule has 41 nitrogen and oxygen atoms in total. The topological polar surface area (TPSA) is 701 Å². The summed E-state index contributed by atoms with van der Waals surface area (Å²) < 4.78 is 76.9. The van der Waals surface area contributed by atoms with Crippen molar-refractivity contribution in [3.63, 3.8) is 0 Å². The maximum atomic E-state index is 12.0. The van der Waals surface area contributed by atoms with Crippen LogP contribution < -0.4 is 63.1 Å². The molecule has 0 amide bonds. The Kier molecular flexibility index (Phi) is 26.1. The van der Waals surface area contributed by atoms with Crippen molar-refractivity contribution < 1.29 is 118 Å². The number of aliphatic hydroxyl groups excluding tert-OH is 12. The van der Waals surface area contributed by atoms with E-state index in [9.17, 15) is 61.3 Å². The number of hydrogen-bond acceptors (Lipinski definition) is 39. The number of nitrogens with zero attached hydrogens (tertiary/aromatic N) is 6. The summed E-state index contributed by atoms with van der Waals surface area (Å²) >= 11 is 0. The predicted molar refractivity (Wildman–Crippen MR) is 325 cm³/mol. The highest BCUT2D eigenvalue weighted by atomic mass is 16.8. The molecule has 6 aliphatic heterocycles. The van der Waals surface area contributed by atoms with E-state index in [0.29, 0.717) is 43.5 Å². The van der Waals surface area contributed by atoms with Crippen molar-refractivity contribution in [3.8, 4) is 0 Å². The van der Waals surface area contributed by atoms with Gasteiger partial charge in [-0.25, -0.2) is 9.36 Å². The highest BCUT2D eigenvalue weighted by molar-refractivity contribution is 5.06. The molecule has 556 valence electrons. The van der Waals surface area contributed by atoms with Crippen LogP contribution in [-0.4, -0.2) is 344 Å². The second-order valence-corrected chi connectivity index (χ2v) is 26.8. The molecule has 8 heterocycles. The molecule has 8 fully saturated rings. The van der Waals surface area contributed by atoms with Crippen LogP contribution in [0.2, 0.25) is 0 Å². The number of unbranched alkanes of at least 4 members (excludes halogenated alkanes) is 2. The van der Waals surface area contributed by atoms with Crippen LogP contribution in [0.25, 0.3) is 0 Å². The zero-order valence-electron chi connectivity index (χ0n) is 53.6. The van der Waals surface area contributed by atoms with Gasteiger partial charge in [0.1, 0.15) is 128 Å². The monoisotopic (exact) mass is 1400 g/mol. The Balaban J connectivity index is 0.774. The van der Waals surface area contributed by atoms with E-state index in [2.05, 4.69) is 20.6 Å². The first-order valence-corrected chi connectivity index (χ1v) is 33.1. The summed E-state index contributed by atoms with van der Waals surface area (Å²) in [6.07, 6.45) is -34.7.